The highest BCUT2D eigenvalue weighted by Gasteiger charge is 2.26. The molecule has 0 aromatic heterocycles. The van der Waals surface area contributed by atoms with Crippen LogP contribution in [0.5, 0.6) is 0 Å². The van der Waals surface area contributed by atoms with Gasteiger partial charge in [0.05, 0.1) is 0 Å². The summed E-state index contributed by atoms with van der Waals surface area (Å²) in [6.07, 6.45) is 6.62. The molecule has 0 spiro atoms. The molecule has 1 fully saturated rings. The number of nitrogens with zero attached hydrogens (tertiary/aromatic N) is 1. The highest BCUT2D eigenvalue weighted by molar-refractivity contribution is 5.85. The lowest BCUT2D eigenvalue weighted by Crippen LogP contribution is -2.48. The summed E-state index contributed by atoms with van der Waals surface area (Å²) in [6.45, 7) is 4.52. The van der Waals surface area contributed by atoms with Crippen LogP contribution in [-0.2, 0) is 4.79 Å². The van der Waals surface area contributed by atoms with Crippen LogP contribution in [0.15, 0.2) is 0 Å². The first-order valence-electron chi connectivity index (χ1n) is 7.63. The molecule has 0 bridgehead atoms. The van der Waals surface area contributed by atoms with Crippen LogP contribution in [-0.4, -0.2) is 43.5 Å². The van der Waals surface area contributed by atoms with E-state index in [2.05, 4.69) is 24.3 Å². The molecule has 21 heavy (non-hydrogen) atoms. The lowest BCUT2D eigenvalue weighted by molar-refractivity contribution is -0.125. The van der Waals surface area contributed by atoms with Gasteiger partial charge < -0.3 is 16.0 Å². The number of rotatable bonds is 6. The number of carbonyl (C=O) groups is 1. The molecule has 3 atom stereocenters. The van der Waals surface area contributed by atoms with E-state index < -0.39 is 0 Å². The Balaban J connectivity index is 0. The number of hydrogen-bond donors (Lipinski definition) is 2. The van der Waals surface area contributed by atoms with Crippen molar-refractivity contribution in [3.05, 3.63) is 0 Å². The van der Waals surface area contributed by atoms with Crippen LogP contribution in [0.3, 0.4) is 0 Å². The van der Waals surface area contributed by atoms with Crippen molar-refractivity contribution in [2.24, 2.45) is 17.6 Å². The van der Waals surface area contributed by atoms with Crippen molar-refractivity contribution in [2.45, 2.75) is 58.0 Å². The van der Waals surface area contributed by atoms with Gasteiger partial charge in [-0.3, -0.25) is 4.79 Å². The number of likely N-dealkylation sites (N-methyl/N-ethyl adjacent to an activating group) is 1. The second kappa shape index (κ2) is 11.5. The lowest BCUT2D eigenvalue weighted by Gasteiger charge is -2.35. The molecule has 3 N–H and O–H groups in total. The Morgan fingerprint density at radius 3 is 2.14 bits per heavy atom. The second-order valence-corrected chi connectivity index (χ2v) is 6.32. The summed E-state index contributed by atoms with van der Waals surface area (Å²) in [5, 5.41) is 3.08. The summed E-state index contributed by atoms with van der Waals surface area (Å²) in [5.41, 5.74) is 5.77. The maximum absolute atomic E-state index is 12.0. The van der Waals surface area contributed by atoms with E-state index in [0.29, 0.717) is 6.04 Å². The summed E-state index contributed by atoms with van der Waals surface area (Å²) < 4.78 is 0. The molecule has 4 nitrogen and oxygen atoms in total. The van der Waals surface area contributed by atoms with Gasteiger partial charge in [0.25, 0.3) is 0 Å². The fraction of sp³-hybridized carbons (Fsp3) is 0.933. The third-order valence-electron chi connectivity index (χ3n) is 4.54. The fourth-order valence-corrected chi connectivity index (χ4v) is 2.89. The minimum atomic E-state index is -0.117. The zero-order valence-corrected chi connectivity index (χ0v) is 15.4. The van der Waals surface area contributed by atoms with E-state index in [0.717, 1.165) is 12.5 Å². The van der Waals surface area contributed by atoms with Crippen molar-refractivity contribution in [3.8, 4) is 0 Å². The lowest BCUT2D eigenvalue weighted by atomic mass is 9.83. The van der Waals surface area contributed by atoms with E-state index in [9.17, 15) is 4.79 Å². The van der Waals surface area contributed by atoms with Crippen LogP contribution >= 0.6 is 24.8 Å². The average molecular weight is 342 g/mol. The van der Waals surface area contributed by atoms with Gasteiger partial charge in [-0.2, -0.15) is 0 Å². The molecular weight excluding hydrogens is 309 g/mol. The third kappa shape index (κ3) is 7.68. The van der Waals surface area contributed by atoms with Crippen LogP contribution in [0.25, 0.3) is 0 Å². The second-order valence-electron chi connectivity index (χ2n) is 6.32. The summed E-state index contributed by atoms with van der Waals surface area (Å²) in [6, 6.07) is 0.358. The fourth-order valence-electron chi connectivity index (χ4n) is 2.89. The Morgan fingerprint density at radius 1 is 1.19 bits per heavy atom. The molecule has 0 radical (unpaired) electrons. The zero-order valence-electron chi connectivity index (χ0n) is 13.8. The Bertz CT molecular complexity index is 282. The first kappa shape index (κ1) is 23.2. The van der Waals surface area contributed by atoms with Crippen LogP contribution in [0, 0.1) is 11.8 Å². The third-order valence-corrected chi connectivity index (χ3v) is 4.54. The summed E-state index contributed by atoms with van der Waals surface area (Å²) in [7, 11) is 4.22. The van der Waals surface area contributed by atoms with Gasteiger partial charge in [0.15, 0.2) is 0 Å². The summed E-state index contributed by atoms with van der Waals surface area (Å²) in [5.74, 6) is 0.682. The standard InChI is InChI=1S/C15H31N3O.2ClH/c1-11(12(2)16)15(19)17-10-14(18(3)4)13-8-6-5-7-9-13;;/h11-14H,5-10,16H2,1-4H3,(H,17,19);2*1H. The van der Waals surface area contributed by atoms with E-state index in [-0.39, 0.29) is 42.7 Å². The van der Waals surface area contributed by atoms with Crippen molar-refractivity contribution in [2.75, 3.05) is 20.6 Å². The van der Waals surface area contributed by atoms with Crippen molar-refractivity contribution in [1.29, 1.82) is 0 Å². The number of carbonyl (C=O) groups excluding carboxylic acids is 1. The first-order valence-corrected chi connectivity index (χ1v) is 7.63. The Kier molecular flexibility index (Phi) is 12.8. The molecule has 0 aromatic carbocycles. The SMILES string of the molecule is CC(N)C(C)C(=O)NCC(C1CCCCC1)N(C)C.Cl.Cl. The molecule has 1 aliphatic rings. The Hall–Kier alpha value is -0.0300. The highest BCUT2D eigenvalue weighted by Crippen LogP contribution is 2.28. The smallest absolute Gasteiger partial charge is 0.224 e. The average Bonchev–Trinajstić information content (AvgIpc) is 2.38. The number of hydrogen-bond acceptors (Lipinski definition) is 3. The molecule has 6 heteroatoms. The van der Waals surface area contributed by atoms with Gasteiger partial charge >= 0.3 is 0 Å². The Labute approximate surface area is 142 Å². The predicted octanol–water partition coefficient (Wildman–Crippen LogP) is 2.44. The van der Waals surface area contributed by atoms with Gasteiger partial charge in [0.1, 0.15) is 0 Å². The molecule has 0 heterocycles. The van der Waals surface area contributed by atoms with Crippen molar-refractivity contribution < 1.29 is 4.79 Å². The topological polar surface area (TPSA) is 58.4 Å². The van der Waals surface area contributed by atoms with Crippen LogP contribution < -0.4 is 11.1 Å². The molecule has 128 valence electrons. The van der Waals surface area contributed by atoms with E-state index in [1.807, 2.05) is 13.8 Å². The van der Waals surface area contributed by atoms with Crippen LogP contribution in [0.2, 0.25) is 0 Å². The van der Waals surface area contributed by atoms with Crippen LogP contribution in [0.4, 0.5) is 0 Å². The van der Waals surface area contributed by atoms with Crippen LogP contribution in [0.1, 0.15) is 46.0 Å². The molecule has 1 rings (SSSR count). The van der Waals surface area contributed by atoms with Gasteiger partial charge in [0, 0.05) is 24.5 Å². The molecule has 0 aromatic rings. The van der Waals surface area contributed by atoms with E-state index in [1.165, 1.54) is 32.1 Å². The molecule has 3 unspecified atom stereocenters. The minimum Gasteiger partial charge on any atom is -0.354 e. The summed E-state index contributed by atoms with van der Waals surface area (Å²) >= 11 is 0. The van der Waals surface area contributed by atoms with Gasteiger partial charge in [-0.15, -0.1) is 24.8 Å². The normalized spacial score (nSPS) is 19.9. The van der Waals surface area contributed by atoms with Crippen molar-refractivity contribution in [3.63, 3.8) is 0 Å². The molecule has 1 aliphatic carbocycles. The van der Waals surface area contributed by atoms with Gasteiger partial charge in [-0.1, -0.05) is 26.2 Å². The van der Waals surface area contributed by atoms with E-state index in [1.54, 1.807) is 0 Å². The molecular formula is C15H33Cl2N3O. The van der Waals surface area contributed by atoms with Crippen molar-refractivity contribution in [1.82, 2.24) is 10.2 Å². The molecule has 0 aliphatic heterocycles. The van der Waals surface area contributed by atoms with Crippen molar-refractivity contribution >= 4 is 30.7 Å². The van der Waals surface area contributed by atoms with Gasteiger partial charge in [-0.05, 0) is 39.8 Å². The van der Waals surface area contributed by atoms with Gasteiger partial charge in [-0.25, -0.2) is 0 Å². The zero-order chi connectivity index (χ0) is 14.4. The number of amides is 1. The number of nitrogens with two attached hydrogens (primary N) is 1. The number of nitrogens with one attached hydrogen (secondary N) is 1. The molecule has 1 saturated carbocycles. The monoisotopic (exact) mass is 341 g/mol. The Morgan fingerprint density at radius 2 is 1.71 bits per heavy atom. The predicted molar refractivity (Wildman–Crippen MR) is 94.4 cm³/mol. The molecule has 0 saturated heterocycles. The highest BCUT2D eigenvalue weighted by atomic mass is 35.5. The summed E-state index contributed by atoms with van der Waals surface area (Å²) in [4.78, 5) is 14.2. The maximum atomic E-state index is 12.0. The maximum Gasteiger partial charge on any atom is 0.224 e. The number of halogens is 2. The minimum absolute atomic E-state index is 0. The first-order chi connectivity index (χ1) is 8.93. The van der Waals surface area contributed by atoms with E-state index in [4.69, 9.17) is 5.73 Å². The molecule has 1 amide bonds. The van der Waals surface area contributed by atoms with E-state index >= 15 is 0 Å². The largest absolute Gasteiger partial charge is 0.354 e. The van der Waals surface area contributed by atoms with Gasteiger partial charge in [0.2, 0.25) is 5.91 Å². The quantitative estimate of drug-likeness (QED) is 0.779.